The molecule has 0 aromatic heterocycles. The zero-order valence-corrected chi connectivity index (χ0v) is 13.2. The first kappa shape index (κ1) is 15.0. The average molecular weight is 336 g/mol. The monoisotopic (exact) mass is 335 g/mol. The summed E-state index contributed by atoms with van der Waals surface area (Å²) in [5.74, 6) is 0.228. The van der Waals surface area contributed by atoms with Crippen molar-refractivity contribution in [2.24, 2.45) is 0 Å². The summed E-state index contributed by atoms with van der Waals surface area (Å²) < 4.78 is 13.0. The minimum atomic E-state index is -0.190. The van der Waals surface area contributed by atoms with Crippen molar-refractivity contribution < 1.29 is 4.39 Å². The lowest BCUT2D eigenvalue weighted by Crippen LogP contribution is -2.29. The van der Waals surface area contributed by atoms with E-state index in [1.165, 1.54) is 17.7 Å². The second-order valence-electron chi connectivity index (χ2n) is 4.78. The Morgan fingerprint density at radius 3 is 2.25 bits per heavy atom. The summed E-state index contributed by atoms with van der Waals surface area (Å²) in [5, 5.41) is 0.911. The molecular formula is C17H19BrFN. The zero-order chi connectivity index (χ0) is 14.4. The summed E-state index contributed by atoms with van der Waals surface area (Å²) in [7, 11) is 0. The number of likely N-dealkylation sites (N-methyl/N-ethyl adjacent to an activating group) is 1. The van der Waals surface area contributed by atoms with Gasteiger partial charge in [-0.2, -0.15) is 0 Å². The van der Waals surface area contributed by atoms with E-state index in [0.717, 1.165) is 24.1 Å². The molecule has 0 saturated carbocycles. The Labute approximate surface area is 128 Å². The largest absolute Gasteiger partial charge is 0.371 e. The molecule has 106 valence electrons. The van der Waals surface area contributed by atoms with E-state index in [-0.39, 0.29) is 5.82 Å². The Hall–Kier alpha value is -1.35. The summed E-state index contributed by atoms with van der Waals surface area (Å²) >= 11 is 3.61. The van der Waals surface area contributed by atoms with Crippen molar-refractivity contribution in [2.45, 2.75) is 12.8 Å². The number of rotatable bonds is 6. The van der Waals surface area contributed by atoms with Gasteiger partial charge in [0.05, 0.1) is 0 Å². The average Bonchev–Trinajstić information content (AvgIpc) is 2.51. The van der Waals surface area contributed by atoms with E-state index >= 15 is 0 Å². The molecule has 0 radical (unpaired) electrons. The number of halogens is 2. The van der Waals surface area contributed by atoms with Crippen molar-refractivity contribution in [3.63, 3.8) is 0 Å². The number of hydrogen-bond donors (Lipinski definition) is 0. The van der Waals surface area contributed by atoms with Crippen molar-refractivity contribution >= 4 is 21.6 Å². The van der Waals surface area contributed by atoms with Gasteiger partial charge in [-0.25, -0.2) is 4.39 Å². The maximum atomic E-state index is 13.0. The van der Waals surface area contributed by atoms with Gasteiger partial charge in [0.25, 0.3) is 0 Å². The topological polar surface area (TPSA) is 3.24 Å². The predicted octanol–water partition coefficient (Wildman–Crippen LogP) is 4.83. The molecule has 2 aromatic rings. The van der Waals surface area contributed by atoms with Crippen LogP contribution in [0.4, 0.5) is 10.1 Å². The van der Waals surface area contributed by atoms with Crippen LogP contribution in [0.5, 0.6) is 0 Å². The van der Waals surface area contributed by atoms with E-state index in [1.807, 2.05) is 18.2 Å². The van der Waals surface area contributed by atoms with E-state index in [4.69, 9.17) is 0 Å². The fourth-order valence-corrected chi connectivity index (χ4v) is 2.88. The SMILES string of the molecule is CCN(CC(CBr)c1ccccc1)c1ccc(F)cc1. The van der Waals surface area contributed by atoms with E-state index in [9.17, 15) is 4.39 Å². The van der Waals surface area contributed by atoms with Crippen molar-refractivity contribution in [1.29, 1.82) is 0 Å². The fraction of sp³-hybridized carbons (Fsp3) is 0.294. The molecule has 0 aliphatic carbocycles. The summed E-state index contributed by atoms with van der Waals surface area (Å²) in [5.41, 5.74) is 2.39. The first-order valence-electron chi connectivity index (χ1n) is 6.86. The molecule has 0 bridgehead atoms. The summed E-state index contributed by atoms with van der Waals surface area (Å²) in [6.07, 6.45) is 0. The van der Waals surface area contributed by atoms with Crippen LogP contribution in [-0.2, 0) is 0 Å². The molecule has 1 atom stereocenters. The zero-order valence-electron chi connectivity index (χ0n) is 11.6. The number of alkyl halides is 1. The third-order valence-corrected chi connectivity index (χ3v) is 4.25. The number of anilines is 1. The van der Waals surface area contributed by atoms with Gasteiger partial charge < -0.3 is 4.90 Å². The van der Waals surface area contributed by atoms with Gasteiger partial charge in [-0.05, 0) is 36.8 Å². The third kappa shape index (κ3) is 3.83. The molecule has 3 heteroatoms. The highest BCUT2D eigenvalue weighted by atomic mass is 79.9. The summed E-state index contributed by atoms with van der Waals surface area (Å²) in [4.78, 5) is 2.28. The highest BCUT2D eigenvalue weighted by Crippen LogP contribution is 2.23. The molecule has 0 saturated heterocycles. The summed E-state index contributed by atoms with van der Waals surface area (Å²) in [6, 6.07) is 17.2. The second-order valence-corrected chi connectivity index (χ2v) is 5.42. The maximum absolute atomic E-state index is 13.0. The first-order valence-corrected chi connectivity index (χ1v) is 7.98. The summed E-state index contributed by atoms with van der Waals surface area (Å²) in [6.45, 7) is 3.94. The quantitative estimate of drug-likeness (QED) is 0.683. The van der Waals surface area contributed by atoms with Crippen molar-refractivity contribution in [3.8, 4) is 0 Å². The molecule has 0 N–H and O–H groups in total. The van der Waals surface area contributed by atoms with Crippen LogP contribution in [0.2, 0.25) is 0 Å². The van der Waals surface area contributed by atoms with E-state index in [2.05, 4.69) is 52.0 Å². The third-order valence-electron chi connectivity index (χ3n) is 3.47. The molecule has 1 unspecified atom stereocenters. The van der Waals surface area contributed by atoms with Gasteiger partial charge >= 0.3 is 0 Å². The predicted molar refractivity (Wildman–Crippen MR) is 87.3 cm³/mol. The molecule has 0 amide bonds. The van der Waals surface area contributed by atoms with Crippen LogP contribution in [0, 0.1) is 5.82 Å². The van der Waals surface area contributed by atoms with Crippen molar-refractivity contribution in [3.05, 3.63) is 66.0 Å². The smallest absolute Gasteiger partial charge is 0.123 e. The normalized spacial score (nSPS) is 12.2. The molecule has 0 heterocycles. The molecule has 2 aromatic carbocycles. The van der Waals surface area contributed by atoms with Gasteiger partial charge in [-0.15, -0.1) is 0 Å². The van der Waals surface area contributed by atoms with Gasteiger partial charge in [0.2, 0.25) is 0 Å². The molecule has 0 aliphatic rings. The minimum Gasteiger partial charge on any atom is -0.371 e. The lowest BCUT2D eigenvalue weighted by molar-refractivity contribution is 0.627. The lowest BCUT2D eigenvalue weighted by atomic mass is 10.0. The maximum Gasteiger partial charge on any atom is 0.123 e. The second kappa shape index (κ2) is 7.44. The van der Waals surface area contributed by atoms with Gasteiger partial charge in [-0.1, -0.05) is 46.3 Å². The van der Waals surface area contributed by atoms with Crippen LogP contribution >= 0.6 is 15.9 Å². The minimum absolute atomic E-state index is 0.190. The fourth-order valence-electron chi connectivity index (χ4n) is 2.30. The van der Waals surface area contributed by atoms with Crippen LogP contribution < -0.4 is 4.90 Å². The van der Waals surface area contributed by atoms with Gasteiger partial charge in [0.15, 0.2) is 0 Å². The van der Waals surface area contributed by atoms with Crippen LogP contribution in [0.25, 0.3) is 0 Å². The van der Waals surface area contributed by atoms with Crippen LogP contribution in [0.15, 0.2) is 54.6 Å². The van der Waals surface area contributed by atoms with Gasteiger partial charge in [0.1, 0.15) is 5.82 Å². The molecule has 0 spiro atoms. The molecule has 0 fully saturated rings. The van der Waals surface area contributed by atoms with Gasteiger partial charge in [0, 0.05) is 30.0 Å². The Balaban J connectivity index is 2.14. The molecule has 20 heavy (non-hydrogen) atoms. The molecule has 0 aliphatic heterocycles. The van der Waals surface area contributed by atoms with E-state index in [0.29, 0.717) is 5.92 Å². The number of hydrogen-bond acceptors (Lipinski definition) is 1. The Kier molecular flexibility index (Phi) is 5.60. The number of benzene rings is 2. The van der Waals surface area contributed by atoms with E-state index in [1.54, 1.807) is 0 Å². The first-order chi connectivity index (χ1) is 9.74. The standard InChI is InChI=1S/C17H19BrFN/c1-2-20(17-10-8-16(19)9-11-17)13-15(12-18)14-6-4-3-5-7-14/h3-11,15H,2,12-13H2,1H3. The Morgan fingerprint density at radius 1 is 1.05 bits per heavy atom. The number of nitrogens with zero attached hydrogens (tertiary/aromatic N) is 1. The molecule has 2 rings (SSSR count). The molecular weight excluding hydrogens is 317 g/mol. The molecule has 1 nitrogen and oxygen atoms in total. The van der Waals surface area contributed by atoms with Crippen LogP contribution in [0.1, 0.15) is 18.4 Å². The highest BCUT2D eigenvalue weighted by Gasteiger charge is 2.14. The van der Waals surface area contributed by atoms with Crippen LogP contribution in [0.3, 0.4) is 0 Å². The lowest BCUT2D eigenvalue weighted by Gasteiger charge is -2.28. The highest BCUT2D eigenvalue weighted by molar-refractivity contribution is 9.09. The van der Waals surface area contributed by atoms with Crippen LogP contribution in [-0.4, -0.2) is 18.4 Å². The van der Waals surface area contributed by atoms with Gasteiger partial charge in [-0.3, -0.25) is 0 Å². The Morgan fingerprint density at radius 2 is 1.70 bits per heavy atom. The Bertz CT molecular complexity index is 512. The van der Waals surface area contributed by atoms with Crippen molar-refractivity contribution in [2.75, 3.05) is 23.3 Å². The van der Waals surface area contributed by atoms with E-state index < -0.39 is 0 Å². The van der Waals surface area contributed by atoms with Crippen molar-refractivity contribution in [1.82, 2.24) is 0 Å².